The summed E-state index contributed by atoms with van der Waals surface area (Å²) in [6.45, 7) is 8.74. The van der Waals surface area contributed by atoms with Crippen LogP contribution in [0.5, 0.6) is 17.2 Å². The monoisotopic (exact) mass is 582 g/mol. The van der Waals surface area contributed by atoms with Gasteiger partial charge in [-0.3, -0.25) is 4.90 Å². The van der Waals surface area contributed by atoms with E-state index in [4.69, 9.17) is 34.0 Å². The summed E-state index contributed by atoms with van der Waals surface area (Å²) >= 11 is 0. The number of hydrogen-bond acceptors (Lipinski definition) is 9. The number of benzene rings is 2. The SMILES string of the molecule is COc1ccc(OC)c(S(=O)(=O)N2CCN(CC(O)COc3ccc(C(C)(C)C)cc3)CC2)c1.O=C(O)C(=O)O. The van der Waals surface area contributed by atoms with Gasteiger partial charge in [-0.15, -0.1) is 0 Å². The normalized spacial score (nSPS) is 15.3. The number of rotatable bonds is 9. The van der Waals surface area contributed by atoms with E-state index in [1.807, 2.05) is 29.2 Å². The molecule has 0 amide bonds. The van der Waals surface area contributed by atoms with Crippen LogP contribution in [0.3, 0.4) is 0 Å². The predicted molar refractivity (Wildman–Crippen MR) is 147 cm³/mol. The minimum atomic E-state index is -3.74. The number of aliphatic carboxylic acids is 2. The summed E-state index contributed by atoms with van der Waals surface area (Å²) in [7, 11) is -0.797. The highest BCUT2D eigenvalue weighted by Crippen LogP contribution is 2.31. The van der Waals surface area contributed by atoms with E-state index in [2.05, 4.69) is 20.8 Å². The van der Waals surface area contributed by atoms with Gasteiger partial charge in [0.25, 0.3) is 0 Å². The van der Waals surface area contributed by atoms with Crippen molar-refractivity contribution in [2.45, 2.75) is 37.2 Å². The lowest BCUT2D eigenvalue weighted by atomic mass is 9.87. The molecular formula is C27H38N2O10S. The van der Waals surface area contributed by atoms with Gasteiger partial charge in [0.2, 0.25) is 10.0 Å². The molecule has 0 spiro atoms. The van der Waals surface area contributed by atoms with Crippen LogP contribution < -0.4 is 14.2 Å². The van der Waals surface area contributed by atoms with Crippen LogP contribution in [0.4, 0.5) is 0 Å². The molecule has 2 aromatic carbocycles. The highest BCUT2D eigenvalue weighted by atomic mass is 32.2. The topological polar surface area (TPSA) is 163 Å². The first-order chi connectivity index (χ1) is 18.7. The molecule has 0 aromatic heterocycles. The van der Waals surface area contributed by atoms with Crippen molar-refractivity contribution < 1.29 is 47.5 Å². The molecule has 0 radical (unpaired) electrons. The standard InChI is InChI=1S/C25H36N2O6S.C2H2O4/c1-25(2,3)19-6-8-21(9-7-19)33-18-20(28)17-26-12-14-27(15-13-26)34(29,30)24-16-22(31-4)10-11-23(24)32-5;3-1(4)2(5)6/h6-11,16,20,28H,12-15,17-18H2,1-5H3;(H,3,4)(H,5,6). The fourth-order valence-electron chi connectivity index (χ4n) is 3.87. The molecular weight excluding hydrogens is 544 g/mol. The summed E-state index contributed by atoms with van der Waals surface area (Å²) in [5.74, 6) is -2.19. The van der Waals surface area contributed by atoms with Crippen LogP contribution in [-0.2, 0) is 25.0 Å². The number of carbonyl (C=O) groups is 2. The summed E-state index contributed by atoms with van der Waals surface area (Å²) in [6.07, 6.45) is -0.677. The lowest BCUT2D eigenvalue weighted by Crippen LogP contribution is -2.50. The summed E-state index contributed by atoms with van der Waals surface area (Å²) in [5, 5.41) is 25.2. The average molecular weight is 583 g/mol. The van der Waals surface area contributed by atoms with E-state index >= 15 is 0 Å². The molecule has 13 heteroatoms. The zero-order valence-corrected chi connectivity index (χ0v) is 24.2. The molecule has 12 nitrogen and oxygen atoms in total. The number of nitrogens with zero attached hydrogens (tertiary/aromatic N) is 2. The second-order valence-corrected chi connectivity index (χ2v) is 12.0. The third kappa shape index (κ3) is 9.37. The molecule has 222 valence electrons. The van der Waals surface area contributed by atoms with Crippen LogP contribution in [0.1, 0.15) is 26.3 Å². The Hall–Kier alpha value is -3.39. The molecule has 40 heavy (non-hydrogen) atoms. The lowest BCUT2D eigenvalue weighted by Gasteiger charge is -2.35. The maximum absolute atomic E-state index is 13.2. The molecule has 3 N–H and O–H groups in total. The Morgan fingerprint density at radius 1 is 0.900 bits per heavy atom. The van der Waals surface area contributed by atoms with Crippen LogP contribution in [0.15, 0.2) is 47.4 Å². The first-order valence-corrected chi connectivity index (χ1v) is 13.9. The van der Waals surface area contributed by atoms with Crippen molar-refractivity contribution >= 4 is 22.0 Å². The number of piperazine rings is 1. The van der Waals surface area contributed by atoms with Crippen LogP contribution >= 0.6 is 0 Å². The van der Waals surface area contributed by atoms with Crippen LogP contribution in [0.2, 0.25) is 0 Å². The number of hydrogen-bond donors (Lipinski definition) is 3. The minimum Gasteiger partial charge on any atom is -0.497 e. The molecule has 1 heterocycles. The van der Waals surface area contributed by atoms with Crippen LogP contribution in [0, 0.1) is 0 Å². The third-order valence-electron chi connectivity index (χ3n) is 6.13. The van der Waals surface area contributed by atoms with Crippen molar-refractivity contribution in [1.29, 1.82) is 0 Å². The lowest BCUT2D eigenvalue weighted by molar-refractivity contribution is -0.159. The summed E-state index contributed by atoms with van der Waals surface area (Å²) < 4.78 is 44.1. The number of carboxylic acid groups (broad SMARTS) is 2. The molecule has 1 saturated heterocycles. The zero-order valence-electron chi connectivity index (χ0n) is 23.4. The van der Waals surface area contributed by atoms with Crippen molar-refractivity contribution in [3.8, 4) is 17.2 Å². The van der Waals surface area contributed by atoms with Gasteiger partial charge in [0.05, 0.1) is 14.2 Å². The molecule has 1 unspecified atom stereocenters. The Labute approximate surface area is 234 Å². The van der Waals surface area contributed by atoms with Gasteiger partial charge in [0.1, 0.15) is 34.9 Å². The van der Waals surface area contributed by atoms with E-state index in [0.29, 0.717) is 38.5 Å². The van der Waals surface area contributed by atoms with Gasteiger partial charge in [-0.05, 0) is 35.2 Å². The number of aliphatic hydroxyl groups excluding tert-OH is 1. The summed E-state index contributed by atoms with van der Waals surface area (Å²) in [6, 6.07) is 12.7. The van der Waals surface area contributed by atoms with E-state index in [0.717, 1.165) is 5.75 Å². The van der Waals surface area contributed by atoms with Crippen LogP contribution in [0.25, 0.3) is 0 Å². The minimum absolute atomic E-state index is 0.0748. The van der Waals surface area contributed by atoms with Gasteiger partial charge in [-0.25, -0.2) is 18.0 Å². The smallest absolute Gasteiger partial charge is 0.414 e. The molecule has 3 rings (SSSR count). The maximum Gasteiger partial charge on any atom is 0.414 e. The Bertz CT molecular complexity index is 1220. The van der Waals surface area contributed by atoms with Crippen molar-refractivity contribution in [1.82, 2.24) is 9.21 Å². The predicted octanol–water partition coefficient (Wildman–Crippen LogP) is 1.90. The van der Waals surface area contributed by atoms with Gasteiger partial charge >= 0.3 is 11.9 Å². The van der Waals surface area contributed by atoms with E-state index in [1.54, 1.807) is 12.1 Å². The molecule has 1 aliphatic rings. The second-order valence-electron chi connectivity index (χ2n) is 10.1. The molecule has 1 aliphatic heterocycles. The Morgan fingerprint density at radius 2 is 1.45 bits per heavy atom. The van der Waals surface area contributed by atoms with Gasteiger partial charge in [0, 0.05) is 38.8 Å². The van der Waals surface area contributed by atoms with E-state index in [-0.39, 0.29) is 22.7 Å². The van der Waals surface area contributed by atoms with Gasteiger partial charge < -0.3 is 29.5 Å². The number of methoxy groups -OCH3 is 2. The number of β-amino-alcohol motifs (C(OH)–C–C–N with tert-alkyl or cyclic N) is 1. The molecule has 0 saturated carbocycles. The van der Waals surface area contributed by atoms with Gasteiger partial charge in [-0.1, -0.05) is 32.9 Å². The fraction of sp³-hybridized carbons (Fsp3) is 0.481. The fourth-order valence-corrected chi connectivity index (χ4v) is 5.46. The maximum atomic E-state index is 13.2. The molecule has 1 atom stereocenters. The van der Waals surface area contributed by atoms with Gasteiger partial charge in [0.15, 0.2) is 0 Å². The van der Waals surface area contributed by atoms with Crippen molar-refractivity contribution in [3.05, 3.63) is 48.0 Å². The first kappa shape index (κ1) is 32.8. The van der Waals surface area contributed by atoms with Crippen molar-refractivity contribution in [3.63, 3.8) is 0 Å². The van der Waals surface area contributed by atoms with Gasteiger partial charge in [-0.2, -0.15) is 4.31 Å². The van der Waals surface area contributed by atoms with Crippen molar-refractivity contribution in [2.75, 3.05) is 53.6 Å². The number of aliphatic hydroxyl groups is 1. The first-order valence-electron chi connectivity index (χ1n) is 12.5. The van der Waals surface area contributed by atoms with Crippen molar-refractivity contribution in [2.24, 2.45) is 0 Å². The summed E-state index contributed by atoms with van der Waals surface area (Å²) in [4.78, 5) is 20.3. The number of ether oxygens (including phenoxy) is 3. The highest BCUT2D eigenvalue weighted by Gasteiger charge is 2.31. The Kier molecular flexibility index (Phi) is 11.7. The quantitative estimate of drug-likeness (QED) is 0.370. The molecule has 2 aromatic rings. The van der Waals surface area contributed by atoms with E-state index in [1.165, 1.54) is 30.2 Å². The summed E-state index contributed by atoms with van der Waals surface area (Å²) in [5.41, 5.74) is 1.30. The Morgan fingerprint density at radius 3 is 1.93 bits per heavy atom. The zero-order chi connectivity index (χ0) is 30.1. The number of sulfonamides is 1. The molecule has 1 fully saturated rings. The largest absolute Gasteiger partial charge is 0.497 e. The second kappa shape index (κ2) is 14.3. The number of carboxylic acids is 2. The molecule has 0 aliphatic carbocycles. The van der Waals surface area contributed by atoms with Crippen LogP contribution in [-0.4, -0.2) is 105 Å². The average Bonchev–Trinajstić information content (AvgIpc) is 2.91. The molecule has 0 bridgehead atoms. The van der Waals surface area contributed by atoms with E-state index < -0.39 is 28.1 Å². The highest BCUT2D eigenvalue weighted by molar-refractivity contribution is 7.89. The Balaban J connectivity index is 0.000000840. The van der Waals surface area contributed by atoms with E-state index in [9.17, 15) is 13.5 Å². The third-order valence-corrected chi connectivity index (χ3v) is 8.05.